The molecule has 0 aromatic carbocycles. The third-order valence-electron chi connectivity index (χ3n) is 5.15. The number of thioether (sulfide) groups is 1. The summed E-state index contributed by atoms with van der Waals surface area (Å²) < 4.78 is 16.6. The quantitative estimate of drug-likeness (QED) is 0.509. The van der Waals surface area contributed by atoms with Crippen LogP contribution in [0.2, 0.25) is 0 Å². The molecule has 0 bridgehead atoms. The first-order chi connectivity index (χ1) is 14.6. The molecule has 1 amide bonds. The number of hydrogen-bond donors (Lipinski definition) is 0. The number of morpholine rings is 2. The van der Waals surface area contributed by atoms with E-state index < -0.39 is 0 Å². The van der Waals surface area contributed by atoms with E-state index in [1.54, 1.807) is 11.0 Å². The maximum atomic E-state index is 12.6. The minimum Gasteiger partial charge on any atom is -0.455 e. The van der Waals surface area contributed by atoms with E-state index in [2.05, 4.69) is 24.8 Å². The van der Waals surface area contributed by atoms with E-state index in [0.29, 0.717) is 43.7 Å². The minimum atomic E-state index is -0.0813. The number of rotatable bonds is 6. The SMILES string of the molecule is CC(C)c1cc(N2CCOCC2)nc(SCc2ccc(C(=O)N3CCOCC3)o2)n1. The molecule has 30 heavy (non-hydrogen) atoms. The first-order valence-corrected chi connectivity index (χ1v) is 11.4. The van der Waals surface area contributed by atoms with E-state index in [1.807, 2.05) is 6.07 Å². The van der Waals surface area contributed by atoms with E-state index in [-0.39, 0.29) is 5.91 Å². The molecule has 2 aromatic rings. The van der Waals surface area contributed by atoms with Crippen LogP contribution in [0.4, 0.5) is 5.82 Å². The fourth-order valence-electron chi connectivity index (χ4n) is 3.37. The van der Waals surface area contributed by atoms with Crippen molar-refractivity contribution >= 4 is 23.5 Å². The molecule has 2 aromatic heterocycles. The van der Waals surface area contributed by atoms with Crippen LogP contribution in [0.25, 0.3) is 0 Å². The number of hydrogen-bond acceptors (Lipinski definition) is 8. The second-order valence-electron chi connectivity index (χ2n) is 7.65. The monoisotopic (exact) mass is 432 g/mol. The van der Waals surface area contributed by atoms with Gasteiger partial charge in [0.1, 0.15) is 11.6 Å². The van der Waals surface area contributed by atoms with Gasteiger partial charge in [0.15, 0.2) is 10.9 Å². The van der Waals surface area contributed by atoms with Gasteiger partial charge in [0.2, 0.25) is 0 Å². The molecule has 0 saturated carbocycles. The number of carbonyl (C=O) groups is 1. The van der Waals surface area contributed by atoms with Gasteiger partial charge in [0, 0.05) is 37.9 Å². The van der Waals surface area contributed by atoms with Crippen LogP contribution in [0, 0.1) is 0 Å². The van der Waals surface area contributed by atoms with Crippen molar-refractivity contribution in [3.05, 3.63) is 35.4 Å². The molecule has 0 N–H and O–H groups in total. The first-order valence-electron chi connectivity index (χ1n) is 10.4. The Morgan fingerprint density at radius 3 is 2.47 bits per heavy atom. The summed E-state index contributed by atoms with van der Waals surface area (Å²) in [6, 6.07) is 5.68. The number of amides is 1. The Bertz CT molecular complexity index is 860. The largest absolute Gasteiger partial charge is 0.455 e. The number of aromatic nitrogens is 2. The summed E-state index contributed by atoms with van der Waals surface area (Å²) in [7, 11) is 0. The van der Waals surface area contributed by atoms with E-state index in [0.717, 1.165) is 48.7 Å². The third kappa shape index (κ3) is 5.14. The molecular formula is C21H28N4O4S. The maximum Gasteiger partial charge on any atom is 0.289 e. The van der Waals surface area contributed by atoms with Crippen molar-refractivity contribution in [3.8, 4) is 0 Å². The average Bonchev–Trinajstić information content (AvgIpc) is 3.27. The lowest BCUT2D eigenvalue weighted by atomic mass is 10.1. The Morgan fingerprint density at radius 1 is 1.07 bits per heavy atom. The van der Waals surface area contributed by atoms with Crippen molar-refractivity contribution in [1.29, 1.82) is 0 Å². The fourth-order valence-corrected chi connectivity index (χ4v) is 4.13. The van der Waals surface area contributed by atoms with Gasteiger partial charge in [-0.05, 0) is 18.1 Å². The molecule has 8 nitrogen and oxygen atoms in total. The topological polar surface area (TPSA) is 80.9 Å². The zero-order chi connectivity index (χ0) is 20.9. The lowest BCUT2D eigenvalue weighted by Crippen LogP contribution is -2.40. The van der Waals surface area contributed by atoms with Gasteiger partial charge in [-0.25, -0.2) is 9.97 Å². The Kier molecular flexibility index (Phi) is 6.91. The minimum absolute atomic E-state index is 0.0813. The summed E-state index contributed by atoms with van der Waals surface area (Å²) in [4.78, 5) is 26.0. The molecule has 4 rings (SSSR count). The number of furan rings is 1. The standard InChI is InChI=1S/C21H28N4O4S/c1-15(2)17-13-19(24-5-9-27-10-6-24)23-21(22-17)30-14-16-3-4-18(29-16)20(26)25-7-11-28-12-8-25/h3-4,13,15H,5-12,14H2,1-2H3. The maximum absolute atomic E-state index is 12.6. The van der Waals surface area contributed by atoms with E-state index >= 15 is 0 Å². The molecular weight excluding hydrogens is 404 g/mol. The van der Waals surface area contributed by atoms with Gasteiger partial charge in [-0.2, -0.15) is 0 Å². The zero-order valence-corrected chi connectivity index (χ0v) is 18.3. The van der Waals surface area contributed by atoms with Gasteiger partial charge in [0.05, 0.1) is 32.2 Å². The number of nitrogens with zero attached hydrogens (tertiary/aromatic N) is 4. The van der Waals surface area contributed by atoms with Gasteiger partial charge < -0.3 is 23.7 Å². The molecule has 0 radical (unpaired) electrons. The number of anilines is 1. The van der Waals surface area contributed by atoms with Gasteiger partial charge in [-0.1, -0.05) is 25.6 Å². The molecule has 2 fully saturated rings. The predicted octanol–water partition coefficient (Wildman–Crippen LogP) is 2.79. The Labute approximate surface area is 180 Å². The Morgan fingerprint density at radius 2 is 1.77 bits per heavy atom. The van der Waals surface area contributed by atoms with E-state index in [1.165, 1.54) is 11.8 Å². The van der Waals surface area contributed by atoms with Crippen molar-refractivity contribution in [2.45, 2.75) is 30.7 Å². The lowest BCUT2D eigenvalue weighted by Gasteiger charge is -2.28. The highest BCUT2D eigenvalue weighted by atomic mass is 32.2. The fraction of sp³-hybridized carbons (Fsp3) is 0.571. The normalized spacial score (nSPS) is 17.6. The molecule has 0 atom stereocenters. The molecule has 0 spiro atoms. The smallest absolute Gasteiger partial charge is 0.289 e. The first kappa shape index (κ1) is 21.1. The number of carbonyl (C=O) groups excluding carboxylic acids is 1. The van der Waals surface area contributed by atoms with Crippen LogP contribution < -0.4 is 4.90 Å². The van der Waals surface area contributed by atoms with Gasteiger partial charge in [0.25, 0.3) is 5.91 Å². The van der Waals surface area contributed by atoms with E-state index in [9.17, 15) is 4.79 Å². The van der Waals surface area contributed by atoms with Gasteiger partial charge in [-0.3, -0.25) is 4.79 Å². The summed E-state index contributed by atoms with van der Waals surface area (Å²) in [5.74, 6) is 2.86. The Balaban J connectivity index is 1.43. The molecule has 0 unspecified atom stereocenters. The summed E-state index contributed by atoms with van der Waals surface area (Å²) in [5, 5.41) is 0.722. The highest BCUT2D eigenvalue weighted by molar-refractivity contribution is 7.98. The molecule has 2 saturated heterocycles. The van der Waals surface area contributed by atoms with Crippen LogP contribution in [0.15, 0.2) is 27.8 Å². The van der Waals surface area contributed by atoms with Crippen LogP contribution in [-0.2, 0) is 15.2 Å². The average molecular weight is 433 g/mol. The van der Waals surface area contributed by atoms with Gasteiger partial charge >= 0.3 is 0 Å². The third-order valence-corrected chi connectivity index (χ3v) is 6.02. The highest BCUT2D eigenvalue weighted by Gasteiger charge is 2.22. The lowest BCUT2D eigenvalue weighted by molar-refractivity contribution is 0.0282. The number of ether oxygens (including phenoxy) is 2. The zero-order valence-electron chi connectivity index (χ0n) is 17.5. The molecule has 0 aliphatic carbocycles. The molecule has 2 aliphatic heterocycles. The summed E-state index contributed by atoms with van der Waals surface area (Å²) in [6.07, 6.45) is 0. The van der Waals surface area contributed by atoms with Gasteiger partial charge in [-0.15, -0.1) is 0 Å². The molecule has 4 heterocycles. The Hall–Kier alpha value is -2.10. The second kappa shape index (κ2) is 9.80. The molecule has 9 heteroatoms. The van der Waals surface area contributed by atoms with Crippen LogP contribution in [0.1, 0.15) is 41.8 Å². The van der Waals surface area contributed by atoms with Crippen LogP contribution in [0.3, 0.4) is 0 Å². The van der Waals surface area contributed by atoms with Crippen molar-refractivity contribution in [3.63, 3.8) is 0 Å². The van der Waals surface area contributed by atoms with Crippen molar-refractivity contribution < 1.29 is 18.7 Å². The summed E-state index contributed by atoms with van der Waals surface area (Å²) in [6.45, 7) is 9.73. The molecule has 162 valence electrons. The van der Waals surface area contributed by atoms with E-state index in [4.69, 9.17) is 23.9 Å². The second-order valence-corrected chi connectivity index (χ2v) is 8.59. The van der Waals surface area contributed by atoms with Crippen molar-refractivity contribution in [2.75, 3.05) is 57.5 Å². The highest BCUT2D eigenvalue weighted by Crippen LogP contribution is 2.27. The summed E-state index contributed by atoms with van der Waals surface area (Å²) in [5.41, 5.74) is 1.02. The van der Waals surface area contributed by atoms with Crippen molar-refractivity contribution in [2.24, 2.45) is 0 Å². The van der Waals surface area contributed by atoms with Crippen LogP contribution >= 0.6 is 11.8 Å². The summed E-state index contributed by atoms with van der Waals surface area (Å²) >= 11 is 1.53. The predicted molar refractivity (Wildman–Crippen MR) is 114 cm³/mol. The van der Waals surface area contributed by atoms with Crippen molar-refractivity contribution in [1.82, 2.24) is 14.9 Å². The molecule has 2 aliphatic rings. The van der Waals surface area contributed by atoms with Crippen LogP contribution in [-0.4, -0.2) is 73.4 Å². The van der Waals surface area contributed by atoms with Crippen LogP contribution in [0.5, 0.6) is 0 Å².